The highest BCUT2D eigenvalue weighted by Crippen LogP contribution is 2.28. The molecule has 1 aliphatic heterocycles. The molecule has 0 bridgehead atoms. The predicted molar refractivity (Wildman–Crippen MR) is 79.8 cm³/mol. The van der Waals surface area contributed by atoms with Crippen molar-refractivity contribution in [2.75, 3.05) is 32.9 Å². The highest BCUT2D eigenvalue weighted by atomic mass is 16.5. The molecule has 0 aromatic heterocycles. The topological polar surface area (TPSA) is 61.8 Å². The Kier molecular flexibility index (Phi) is 4.93. The molecule has 2 aliphatic carbocycles. The van der Waals surface area contributed by atoms with E-state index in [1.807, 2.05) is 12.2 Å². The normalized spacial score (nSPS) is 33.9. The van der Waals surface area contributed by atoms with Crippen molar-refractivity contribution in [3.8, 4) is 0 Å². The molecule has 1 amide bonds. The maximum absolute atomic E-state index is 12.5. The van der Waals surface area contributed by atoms with Crippen LogP contribution in [-0.4, -0.2) is 60.9 Å². The molecule has 2 N–H and O–H groups in total. The van der Waals surface area contributed by atoms with Crippen molar-refractivity contribution >= 4 is 5.91 Å². The number of carbonyl (C=O) groups is 1. The quantitative estimate of drug-likeness (QED) is 0.727. The number of nitrogens with zero attached hydrogens (tertiary/aromatic N) is 1. The standard InChI is InChI=1S/C16H26N2O3/c19-10-13-4-5-14(8-13)17-16(20)15-11-21-7-6-18(15)9-12-2-1-3-12/h4-5,12-15,19H,1-3,6-11H2,(H,17,20)/t13-,14+,15-/m0/s1. The Labute approximate surface area is 126 Å². The van der Waals surface area contributed by atoms with Crippen LogP contribution < -0.4 is 5.32 Å². The number of aliphatic hydroxyl groups is 1. The van der Waals surface area contributed by atoms with Gasteiger partial charge in [-0.1, -0.05) is 18.6 Å². The molecule has 1 heterocycles. The minimum absolute atomic E-state index is 0.0575. The van der Waals surface area contributed by atoms with Crippen LogP contribution in [0.25, 0.3) is 0 Å². The molecule has 0 spiro atoms. The Balaban J connectivity index is 1.52. The van der Waals surface area contributed by atoms with E-state index in [0.717, 1.165) is 32.0 Å². The molecular formula is C16H26N2O3. The van der Waals surface area contributed by atoms with Gasteiger partial charge in [-0.05, 0) is 25.2 Å². The van der Waals surface area contributed by atoms with Gasteiger partial charge in [0.15, 0.2) is 0 Å². The van der Waals surface area contributed by atoms with E-state index < -0.39 is 0 Å². The molecule has 21 heavy (non-hydrogen) atoms. The smallest absolute Gasteiger partial charge is 0.240 e. The summed E-state index contributed by atoms with van der Waals surface area (Å²) < 4.78 is 5.51. The van der Waals surface area contributed by atoms with Crippen LogP contribution in [0.5, 0.6) is 0 Å². The second-order valence-electron chi connectivity index (χ2n) is 6.56. The van der Waals surface area contributed by atoms with Gasteiger partial charge in [-0.3, -0.25) is 9.69 Å². The summed E-state index contributed by atoms with van der Waals surface area (Å²) in [4.78, 5) is 14.8. The average Bonchev–Trinajstić information content (AvgIpc) is 2.91. The van der Waals surface area contributed by atoms with E-state index in [1.165, 1.54) is 19.3 Å². The van der Waals surface area contributed by atoms with Crippen LogP contribution >= 0.6 is 0 Å². The Bertz CT molecular complexity index is 395. The van der Waals surface area contributed by atoms with Gasteiger partial charge >= 0.3 is 0 Å². The molecule has 0 aromatic carbocycles. The molecule has 0 aromatic rings. The molecule has 0 radical (unpaired) electrons. The lowest BCUT2D eigenvalue weighted by molar-refractivity contribution is -0.133. The summed E-state index contributed by atoms with van der Waals surface area (Å²) in [5.41, 5.74) is 0. The SMILES string of the molecule is O=C(N[C@@H]1C=C[C@H](CO)C1)[C@@H]1COCCN1CC1CCC1. The summed E-state index contributed by atoms with van der Waals surface area (Å²) >= 11 is 0. The number of ether oxygens (including phenoxy) is 1. The van der Waals surface area contributed by atoms with Crippen molar-refractivity contribution < 1.29 is 14.6 Å². The second-order valence-corrected chi connectivity index (χ2v) is 6.56. The van der Waals surface area contributed by atoms with Gasteiger partial charge in [0.25, 0.3) is 0 Å². The maximum atomic E-state index is 12.5. The third kappa shape index (κ3) is 3.65. The fourth-order valence-corrected chi connectivity index (χ4v) is 3.40. The highest BCUT2D eigenvalue weighted by molar-refractivity contribution is 5.82. The van der Waals surface area contributed by atoms with Gasteiger partial charge in [0, 0.05) is 31.7 Å². The summed E-state index contributed by atoms with van der Waals surface area (Å²) in [5.74, 6) is 1.02. The van der Waals surface area contributed by atoms with Crippen molar-refractivity contribution in [3.63, 3.8) is 0 Å². The van der Waals surface area contributed by atoms with Crippen molar-refractivity contribution in [2.45, 2.75) is 37.8 Å². The molecule has 118 valence electrons. The first-order valence-corrected chi connectivity index (χ1v) is 8.17. The first-order chi connectivity index (χ1) is 10.3. The van der Waals surface area contributed by atoms with Gasteiger partial charge in [0.2, 0.25) is 5.91 Å². The fraction of sp³-hybridized carbons (Fsp3) is 0.812. The van der Waals surface area contributed by atoms with E-state index in [0.29, 0.717) is 6.61 Å². The van der Waals surface area contributed by atoms with E-state index in [1.54, 1.807) is 0 Å². The van der Waals surface area contributed by atoms with Crippen molar-refractivity contribution in [1.29, 1.82) is 0 Å². The molecule has 1 saturated heterocycles. The summed E-state index contributed by atoms with van der Waals surface area (Å²) in [6.07, 6.45) is 8.73. The van der Waals surface area contributed by atoms with Gasteiger partial charge in [0.1, 0.15) is 6.04 Å². The summed E-state index contributed by atoms with van der Waals surface area (Å²) in [5, 5.41) is 12.2. The largest absolute Gasteiger partial charge is 0.396 e. The van der Waals surface area contributed by atoms with E-state index in [-0.39, 0.29) is 30.5 Å². The zero-order valence-electron chi connectivity index (χ0n) is 12.5. The molecule has 3 aliphatic rings. The number of carbonyl (C=O) groups excluding carboxylic acids is 1. The zero-order valence-corrected chi connectivity index (χ0v) is 12.5. The lowest BCUT2D eigenvalue weighted by atomic mass is 9.84. The van der Waals surface area contributed by atoms with Crippen molar-refractivity contribution in [2.24, 2.45) is 11.8 Å². The maximum Gasteiger partial charge on any atom is 0.240 e. The van der Waals surface area contributed by atoms with Gasteiger partial charge in [0.05, 0.1) is 13.2 Å². The van der Waals surface area contributed by atoms with Gasteiger partial charge in [-0.15, -0.1) is 0 Å². The van der Waals surface area contributed by atoms with Gasteiger partial charge < -0.3 is 15.2 Å². The summed E-state index contributed by atoms with van der Waals surface area (Å²) in [6, 6.07) is -0.0944. The second kappa shape index (κ2) is 6.90. The van der Waals surface area contributed by atoms with Crippen molar-refractivity contribution in [3.05, 3.63) is 12.2 Å². The van der Waals surface area contributed by atoms with E-state index in [9.17, 15) is 4.79 Å². The minimum atomic E-state index is -0.152. The third-order valence-corrected chi connectivity index (χ3v) is 4.99. The minimum Gasteiger partial charge on any atom is -0.396 e. The number of nitrogens with one attached hydrogen (secondary N) is 1. The Morgan fingerprint density at radius 1 is 1.38 bits per heavy atom. The van der Waals surface area contributed by atoms with Gasteiger partial charge in [-0.25, -0.2) is 0 Å². The first-order valence-electron chi connectivity index (χ1n) is 8.17. The van der Waals surface area contributed by atoms with E-state index in [4.69, 9.17) is 9.84 Å². The monoisotopic (exact) mass is 294 g/mol. The van der Waals surface area contributed by atoms with Crippen LogP contribution in [0, 0.1) is 11.8 Å². The lowest BCUT2D eigenvalue weighted by Crippen LogP contribution is -2.56. The van der Waals surface area contributed by atoms with Gasteiger partial charge in [-0.2, -0.15) is 0 Å². The Morgan fingerprint density at radius 3 is 2.90 bits per heavy atom. The third-order valence-electron chi connectivity index (χ3n) is 4.99. The van der Waals surface area contributed by atoms with Crippen molar-refractivity contribution in [1.82, 2.24) is 10.2 Å². The number of amides is 1. The van der Waals surface area contributed by atoms with E-state index >= 15 is 0 Å². The Morgan fingerprint density at radius 2 is 2.24 bits per heavy atom. The van der Waals surface area contributed by atoms with Crippen LogP contribution in [0.15, 0.2) is 12.2 Å². The number of hydrogen-bond acceptors (Lipinski definition) is 4. The van der Waals surface area contributed by atoms with E-state index in [2.05, 4.69) is 10.2 Å². The highest BCUT2D eigenvalue weighted by Gasteiger charge is 2.33. The zero-order chi connectivity index (χ0) is 14.7. The van der Waals surface area contributed by atoms with Crippen LogP contribution in [0.4, 0.5) is 0 Å². The molecule has 0 unspecified atom stereocenters. The number of rotatable bonds is 5. The lowest BCUT2D eigenvalue weighted by Gasteiger charge is -2.39. The Hall–Kier alpha value is -0.910. The molecule has 5 nitrogen and oxygen atoms in total. The number of hydrogen-bond donors (Lipinski definition) is 2. The predicted octanol–water partition coefficient (Wildman–Crippen LogP) is 0.540. The molecule has 2 fully saturated rings. The molecular weight excluding hydrogens is 268 g/mol. The summed E-state index contributed by atoms with van der Waals surface area (Å²) in [7, 11) is 0. The van der Waals surface area contributed by atoms with Crippen LogP contribution in [-0.2, 0) is 9.53 Å². The van der Waals surface area contributed by atoms with Crippen LogP contribution in [0.1, 0.15) is 25.7 Å². The molecule has 1 saturated carbocycles. The average molecular weight is 294 g/mol. The number of morpholine rings is 1. The molecule has 3 rings (SSSR count). The summed E-state index contributed by atoms with van der Waals surface area (Å²) in [6.45, 7) is 3.27. The van der Waals surface area contributed by atoms with Crippen LogP contribution in [0.3, 0.4) is 0 Å². The van der Waals surface area contributed by atoms with Crippen LogP contribution in [0.2, 0.25) is 0 Å². The first kappa shape index (κ1) is 15.0. The fourth-order valence-electron chi connectivity index (χ4n) is 3.40. The molecule has 5 heteroatoms. The number of aliphatic hydroxyl groups excluding tert-OH is 1. The molecule has 3 atom stereocenters.